The summed E-state index contributed by atoms with van der Waals surface area (Å²) in [7, 11) is 0. The quantitative estimate of drug-likeness (QED) is 0.220. The van der Waals surface area contributed by atoms with Crippen LogP contribution in [0.5, 0.6) is 0 Å². The molecule has 4 heteroatoms. The maximum atomic E-state index is 5.08. The van der Waals surface area contributed by atoms with Gasteiger partial charge in [-0.2, -0.15) is 0 Å². The van der Waals surface area contributed by atoms with Gasteiger partial charge in [0.15, 0.2) is 0 Å². The second kappa shape index (κ2) is 8.88. The number of aliphatic imine (C=N–C) groups is 4. The summed E-state index contributed by atoms with van der Waals surface area (Å²) in [6.07, 6.45) is 22.4. The summed E-state index contributed by atoms with van der Waals surface area (Å²) in [6.45, 7) is 0. The molecule has 0 aliphatic carbocycles. The van der Waals surface area contributed by atoms with Crippen LogP contribution in [0.4, 0.5) is 0 Å². The highest BCUT2D eigenvalue weighted by atomic mass is 14.8. The van der Waals surface area contributed by atoms with Crippen LogP contribution in [0.2, 0.25) is 0 Å². The second-order valence-electron chi connectivity index (χ2n) is 10.9. The zero-order valence-electron chi connectivity index (χ0n) is 22.5. The Hall–Kier alpha value is -5.74. The minimum absolute atomic E-state index is 0.864. The molecule has 0 radical (unpaired) electrons. The van der Waals surface area contributed by atoms with Crippen molar-refractivity contribution in [1.29, 1.82) is 0 Å². The first-order valence-corrected chi connectivity index (χ1v) is 14.0. The average Bonchev–Trinajstić information content (AvgIpc) is 3.80. The lowest BCUT2D eigenvalue weighted by Crippen LogP contribution is -1.97. The van der Waals surface area contributed by atoms with Crippen molar-refractivity contribution in [3.05, 3.63) is 162 Å². The Kier molecular flexibility index (Phi) is 4.87. The molecule has 194 valence electrons. The van der Waals surface area contributed by atoms with Gasteiger partial charge in [0.1, 0.15) is 0 Å². The predicted molar refractivity (Wildman–Crippen MR) is 176 cm³/mol. The fourth-order valence-corrected chi connectivity index (χ4v) is 6.07. The van der Waals surface area contributed by atoms with Gasteiger partial charge in [-0.15, -0.1) is 0 Å². The third kappa shape index (κ3) is 3.93. The molecule has 0 unspecified atom stereocenters. The van der Waals surface area contributed by atoms with Crippen LogP contribution in [-0.4, -0.2) is 22.8 Å². The second-order valence-corrected chi connectivity index (χ2v) is 10.9. The number of hydrogen-bond donors (Lipinski definition) is 0. The van der Waals surface area contributed by atoms with Crippen LogP contribution in [0, 0.1) is 0 Å². The normalized spacial score (nSPS) is 18.5. The van der Waals surface area contributed by atoms with Crippen LogP contribution < -0.4 is 0 Å². The van der Waals surface area contributed by atoms with E-state index in [0.29, 0.717) is 0 Å². The number of benzene rings is 4. The zero-order valence-corrected chi connectivity index (χ0v) is 22.5. The van der Waals surface area contributed by atoms with Crippen molar-refractivity contribution in [1.82, 2.24) is 0 Å². The molecule has 0 atom stereocenters. The minimum atomic E-state index is 0.864. The number of hydrogen-bond acceptors (Lipinski definition) is 4. The maximum Gasteiger partial charge on any atom is 0.0737 e. The molecular formula is C38H22N4. The molecule has 9 rings (SSSR count). The highest BCUT2D eigenvalue weighted by Gasteiger charge is 2.20. The number of allylic oxidation sites excluding steroid dienone is 12. The van der Waals surface area contributed by atoms with Gasteiger partial charge >= 0.3 is 0 Å². The van der Waals surface area contributed by atoms with Crippen molar-refractivity contribution in [2.75, 3.05) is 0 Å². The SMILES string of the molecule is C1=CC2=NC1=CC1=NC(=CC3=NC(=CC4=NC(=C2)C=C4)C=C3c2cccc3cc4cc5ccccc5cc4cc23)C=C1. The smallest absolute Gasteiger partial charge is 0.0737 e. The van der Waals surface area contributed by atoms with E-state index in [9.17, 15) is 0 Å². The van der Waals surface area contributed by atoms with E-state index >= 15 is 0 Å². The van der Waals surface area contributed by atoms with Crippen LogP contribution in [0.15, 0.2) is 176 Å². The van der Waals surface area contributed by atoms with Crippen molar-refractivity contribution >= 4 is 60.7 Å². The van der Waals surface area contributed by atoms with Crippen molar-refractivity contribution in [2.24, 2.45) is 20.0 Å². The van der Waals surface area contributed by atoms with Gasteiger partial charge in [0, 0.05) is 5.57 Å². The molecule has 0 fully saturated rings. The first-order valence-electron chi connectivity index (χ1n) is 14.0. The molecule has 0 spiro atoms. The summed E-state index contributed by atoms with van der Waals surface area (Å²) in [5, 5.41) is 7.36. The molecule has 4 aromatic carbocycles. The Labute approximate surface area is 242 Å². The lowest BCUT2D eigenvalue weighted by molar-refractivity contribution is 1.41. The molecule has 0 aromatic heterocycles. The van der Waals surface area contributed by atoms with Gasteiger partial charge in [-0.1, -0.05) is 42.5 Å². The van der Waals surface area contributed by atoms with Gasteiger partial charge in [0.25, 0.3) is 0 Å². The van der Waals surface area contributed by atoms with Crippen molar-refractivity contribution in [2.45, 2.75) is 0 Å². The Bertz CT molecular complexity index is 2320. The summed E-state index contributed by atoms with van der Waals surface area (Å²) in [4.78, 5) is 19.5. The Morgan fingerprint density at radius 1 is 0.381 bits per heavy atom. The third-order valence-corrected chi connectivity index (χ3v) is 8.03. The fraction of sp³-hybridized carbons (Fsp3) is 0. The minimum Gasteiger partial charge on any atom is -0.249 e. The van der Waals surface area contributed by atoms with Crippen LogP contribution in [0.3, 0.4) is 0 Å². The van der Waals surface area contributed by atoms with E-state index in [4.69, 9.17) is 20.0 Å². The van der Waals surface area contributed by atoms with Crippen molar-refractivity contribution in [3.63, 3.8) is 0 Å². The van der Waals surface area contributed by atoms with Gasteiger partial charge in [-0.3, -0.25) is 0 Å². The Morgan fingerprint density at radius 3 is 1.60 bits per heavy atom. The first-order chi connectivity index (χ1) is 20.7. The topological polar surface area (TPSA) is 49.4 Å². The highest BCUT2D eigenvalue weighted by molar-refractivity contribution is 6.34. The van der Waals surface area contributed by atoms with Gasteiger partial charge in [-0.25, -0.2) is 20.0 Å². The van der Waals surface area contributed by atoms with E-state index in [1.807, 2.05) is 54.7 Å². The molecule has 0 saturated heterocycles. The van der Waals surface area contributed by atoms with Gasteiger partial charge in [0.05, 0.1) is 45.6 Å². The Balaban J connectivity index is 1.23. The lowest BCUT2D eigenvalue weighted by Gasteiger charge is -2.11. The summed E-state index contributed by atoms with van der Waals surface area (Å²) >= 11 is 0. The van der Waals surface area contributed by atoms with E-state index in [2.05, 4.69) is 78.9 Å². The molecule has 5 heterocycles. The van der Waals surface area contributed by atoms with Gasteiger partial charge in [0.2, 0.25) is 0 Å². The van der Waals surface area contributed by atoms with Crippen LogP contribution in [-0.2, 0) is 0 Å². The standard InChI is InChI=1S/C38H22N4/c1-2-5-24-15-27-17-36-25(16-26(27)14-23(24)4-1)6-3-7-35(36)37-21-34-20-32-11-10-30(40-32)18-28-8-9-29(39-28)19-31-12-13-33(41-31)22-38(37)42-34/h1-22H. The lowest BCUT2D eigenvalue weighted by atomic mass is 9.92. The predicted octanol–water partition coefficient (Wildman–Crippen LogP) is 8.57. The molecule has 5 aliphatic heterocycles. The largest absolute Gasteiger partial charge is 0.249 e. The molecule has 42 heavy (non-hydrogen) atoms. The van der Waals surface area contributed by atoms with E-state index < -0.39 is 0 Å². The number of rotatable bonds is 1. The molecule has 8 bridgehead atoms. The van der Waals surface area contributed by atoms with E-state index in [1.54, 1.807) is 0 Å². The zero-order chi connectivity index (χ0) is 27.6. The highest BCUT2D eigenvalue weighted by Crippen LogP contribution is 2.35. The molecular weight excluding hydrogens is 512 g/mol. The maximum absolute atomic E-state index is 5.08. The molecule has 5 aliphatic rings. The van der Waals surface area contributed by atoms with Crippen LogP contribution >= 0.6 is 0 Å². The van der Waals surface area contributed by atoms with Crippen LogP contribution in [0.1, 0.15) is 5.56 Å². The molecule has 0 amide bonds. The third-order valence-electron chi connectivity index (χ3n) is 8.03. The van der Waals surface area contributed by atoms with Crippen molar-refractivity contribution in [3.8, 4) is 0 Å². The molecule has 0 saturated carbocycles. The number of fused-ring (bicyclic) bond motifs is 7. The van der Waals surface area contributed by atoms with E-state index in [-0.39, 0.29) is 0 Å². The molecule has 4 nitrogen and oxygen atoms in total. The van der Waals surface area contributed by atoms with Crippen LogP contribution in [0.25, 0.3) is 37.9 Å². The summed E-state index contributed by atoms with van der Waals surface area (Å²) in [5.74, 6) is 0. The summed E-state index contributed by atoms with van der Waals surface area (Å²) in [6, 6.07) is 24.2. The summed E-state index contributed by atoms with van der Waals surface area (Å²) < 4.78 is 0. The number of nitrogens with zero attached hydrogens (tertiary/aromatic N) is 4. The van der Waals surface area contributed by atoms with E-state index in [0.717, 1.165) is 56.8 Å². The Morgan fingerprint density at radius 2 is 0.929 bits per heavy atom. The summed E-state index contributed by atoms with van der Waals surface area (Å²) in [5.41, 5.74) is 9.20. The molecule has 4 aromatic rings. The van der Waals surface area contributed by atoms with Gasteiger partial charge < -0.3 is 0 Å². The first kappa shape index (κ1) is 23.0. The fourth-order valence-electron chi connectivity index (χ4n) is 6.07. The monoisotopic (exact) mass is 534 g/mol. The molecule has 0 N–H and O–H groups in total. The van der Waals surface area contributed by atoms with Crippen molar-refractivity contribution < 1.29 is 0 Å². The van der Waals surface area contributed by atoms with Gasteiger partial charge in [-0.05, 0) is 129 Å². The van der Waals surface area contributed by atoms with E-state index in [1.165, 1.54) is 32.3 Å². The average molecular weight is 535 g/mol.